The highest BCUT2D eigenvalue weighted by molar-refractivity contribution is 7.13. The highest BCUT2D eigenvalue weighted by atomic mass is 32.1. The fourth-order valence-corrected chi connectivity index (χ4v) is 3.38. The van der Waals surface area contributed by atoms with Gasteiger partial charge in [0.05, 0.1) is 16.8 Å². The number of aromatic amines is 1. The molecule has 116 valence electrons. The molecule has 0 fully saturated rings. The van der Waals surface area contributed by atoms with Crippen LogP contribution in [0.5, 0.6) is 0 Å². The van der Waals surface area contributed by atoms with Crippen LogP contribution in [0.2, 0.25) is 0 Å². The number of hydrogen-bond acceptors (Lipinski definition) is 4. The van der Waals surface area contributed by atoms with Crippen LogP contribution in [0.25, 0.3) is 10.6 Å². The van der Waals surface area contributed by atoms with E-state index in [2.05, 4.69) is 65.6 Å². The highest BCUT2D eigenvalue weighted by Crippen LogP contribution is 2.25. The van der Waals surface area contributed by atoms with Gasteiger partial charge >= 0.3 is 0 Å². The SMILES string of the molecule is CC(C)N(CCNCc1cn[nH]c1-c1cccs1)C(C)C. The first-order chi connectivity index (χ1) is 10.1. The van der Waals surface area contributed by atoms with Gasteiger partial charge in [0.25, 0.3) is 0 Å². The summed E-state index contributed by atoms with van der Waals surface area (Å²) in [6.07, 6.45) is 1.92. The average Bonchev–Trinajstić information content (AvgIpc) is 3.07. The van der Waals surface area contributed by atoms with Crippen LogP contribution in [0, 0.1) is 0 Å². The van der Waals surface area contributed by atoms with Crippen LogP contribution >= 0.6 is 11.3 Å². The fraction of sp³-hybridized carbons (Fsp3) is 0.562. The van der Waals surface area contributed by atoms with Crippen LogP contribution < -0.4 is 5.32 Å². The topological polar surface area (TPSA) is 44.0 Å². The van der Waals surface area contributed by atoms with Crippen molar-refractivity contribution in [3.8, 4) is 10.6 Å². The average molecular weight is 306 g/mol. The van der Waals surface area contributed by atoms with Gasteiger partial charge in [-0.15, -0.1) is 11.3 Å². The summed E-state index contributed by atoms with van der Waals surface area (Å²) in [7, 11) is 0. The van der Waals surface area contributed by atoms with Crippen molar-refractivity contribution in [1.29, 1.82) is 0 Å². The van der Waals surface area contributed by atoms with Gasteiger partial charge in [-0.25, -0.2) is 0 Å². The number of nitrogens with one attached hydrogen (secondary N) is 2. The van der Waals surface area contributed by atoms with E-state index in [-0.39, 0.29) is 0 Å². The fourth-order valence-electron chi connectivity index (χ4n) is 2.62. The summed E-state index contributed by atoms with van der Waals surface area (Å²) in [6.45, 7) is 11.9. The molecule has 0 bridgehead atoms. The second kappa shape index (κ2) is 7.73. The quantitative estimate of drug-likeness (QED) is 0.735. The monoisotopic (exact) mass is 306 g/mol. The van der Waals surface area contributed by atoms with Gasteiger partial charge in [0.2, 0.25) is 0 Å². The lowest BCUT2D eigenvalue weighted by atomic mass is 10.2. The van der Waals surface area contributed by atoms with Crippen LogP contribution in [0.1, 0.15) is 33.3 Å². The third kappa shape index (κ3) is 4.40. The Kier molecular flexibility index (Phi) is 5.96. The highest BCUT2D eigenvalue weighted by Gasteiger charge is 2.13. The molecule has 0 amide bonds. The zero-order valence-electron chi connectivity index (χ0n) is 13.4. The number of rotatable bonds is 8. The Morgan fingerprint density at radius 3 is 2.67 bits per heavy atom. The molecule has 0 spiro atoms. The van der Waals surface area contributed by atoms with Gasteiger partial charge in [-0.05, 0) is 39.1 Å². The van der Waals surface area contributed by atoms with E-state index in [1.807, 2.05) is 6.20 Å². The van der Waals surface area contributed by atoms with E-state index in [1.54, 1.807) is 11.3 Å². The minimum atomic E-state index is 0.586. The summed E-state index contributed by atoms with van der Waals surface area (Å²) in [4.78, 5) is 3.75. The van der Waals surface area contributed by atoms with Crippen molar-refractivity contribution in [3.63, 3.8) is 0 Å². The van der Waals surface area contributed by atoms with Crippen LogP contribution in [0.3, 0.4) is 0 Å². The summed E-state index contributed by atoms with van der Waals surface area (Å²) in [5.41, 5.74) is 2.38. The number of H-pyrrole nitrogens is 1. The standard InChI is InChI=1S/C16H26N4S/c1-12(2)20(13(3)4)8-7-17-10-14-11-18-19-16(14)15-6-5-9-21-15/h5-6,9,11-13,17H,7-8,10H2,1-4H3,(H,18,19). The summed E-state index contributed by atoms with van der Waals surface area (Å²) >= 11 is 1.74. The summed E-state index contributed by atoms with van der Waals surface area (Å²) < 4.78 is 0. The molecule has 5 heteroatoms. The first kappa shape index (κ1) is 16.2. The first-order valence-corrected chi connectivity index (χ1v) is 8.50. The molecule has 0 aliphatic heterocycles. The third-order valence-electron chi connectivity index (χ3n) is 3.67. The molecule has 2 aromatic rings. The molecule has 2 N–H and O–H groups in total. The maximum absolute atomic E-state index is 4.18. The van der Waals surface area contributed by atoms with Crippen molar-refractivity contribution in [2.45, 2.75) is 46.3 Å². The Labute approximate surface area is 131 Å². The Bertz CT molecular complexity index is 508. The van der Waals surface area contributed by atoms with Gasteiger partial charge in [-0.1, -0.05) is 6.07 Å². The van der Waals surface area contributed by atoms with E-state index < -0.39 is 0 Å². The van der Waals surface area contributed by atoms with Crippen molar-refractivity contribution in [1.82, 2.24) is 20.4 Å². The normalized spacial score (nSPS) is 12.0. The first-order valence-electron chi connectivity index (χ1n) is 7.62. The van der Waals surface area contributed by atoms with Crippen LogP contribution in [-0.4, -0.2) is 40.3 Å². The van der Waals surface area contributed by atoms with E-state index in [9.17, 15) is 0 Å². The van der Waals surface area contributed by atoms with Crippen molar-refractivity contribution in [2.75, 3.05) is 13.1 Å². The maximum Gasteiger partial charge on any atom is 0.0794 e. The second-order valence-corrected chi connectivity index (χ2v) is 6.80. The van der Waals surface area contributed by atoms with Gasteiger partial charge in [-0.2, -0.15) is 5.10 Å². The van der Waals surface area contributed by atoms with Gasteiger partial charge in [0, 0.05) is 37.3 Å². The predicted octanol–water partition coefficient (Wildman–Crippen LogP) is 3.35. The molecule has 0 radical (unpaired) electrons. The second-order valence-electron chi connectivity index (χ2n) is 5.85. The molecule has 4 nitrogen and oxygen atoms in total. The molecule has 0 aliphatic carbocycles. The molecule has 2 rings (SSSR count). The molecule has 21 heavy (non-hydrogen) atoms. The molecule has 0 aromatic carbocycles. The summed E-state index contributed by atoms with van der Waals surface area (Å²) in [6, 6.07) is 5.37. The van der Waals surface area contributed by atoms with E-state index >= 15 is 0 Å². The summed E-state index contributed by atoms with van der Waals surface area (Å²) in [5.74, 6) is 0. The molecular formula is C16H26N4S. The van der Waals surface area contributed by atoms with E-state index in [0.29, 0.717) is 12.1 Å². The maximum atomic E-state index is 4.18. The Morgan fingerprint density at radius 2 is 2.05 bits per heavy atom. The predicted molar refractivity (Wildman–Crippen MR) is 90.6 cm³/mol. The minimum Gasteiger partial charge on any atom is -0.311 e. The zero-order valence-corrected chi connectivity index (χ0v) is 14.2. The molecule has 0 saturated carbocycles. The smallest absolute Gasteiger partial charge is 0.0794 e. The number of hydrogen-bond donors (Lipinski definition) is 2. The molecule has 0 atom stereocenters. The largest absolute Gasteiger partial charge is 0.311 e. The summed E-state index contributed by atoms with van der Waals surface area (Å²) in [5, 5.41) is 12.9. The van der Waals surface area contributed by atoms with E-state index in [1.165, 1.54) is 10.4 Å². The number of aromatic nitrogens is 2. The molecular weight excluding hydrogens is 280 g/mol. The lowest BCUT2D eigenvalue weighted by Gasteiger charge is -2.30. The molecule has 2 heterocycles. The van der Waals surface area contributed by atoms with E-state index in [4.69, 9.17) is 0 Å². The van der Waals surface area contributed by atoms with Gasteiger partial charge in [0.1, 0.15) is 0 Å². The Balaban J connectivity index is 1.83. The number of thiophene rings is 1. The Hall–Kier alpha value is -1.17. The third-order valence-corrected chi connectivity index (χ3v) is 4.56. The Morgan fingerprint density at radius 1 is 1.29 bits per heavy atom. The van der Waals surface area contributed by atoms with Crippen molar-refractivity contribution < 1.29 is 0 Å². The lowest BCUT2D eigenvalue weighted by molar-refractivity contribution is 0.176. The van der Waals surface area contributed by atoms with Crippen molar-refractivity contribution >= 4 is 11.3 Å². The van der Waals surface area contributed by atoms with Gasteiger partial charge < -0.3 is 5.32 Å². The van der Waals surface area contributed by atoms with Gasteiger partial charge in [0.15, 0.2) is 0 Å². The lowest BCUT2D eigenvalue weighted by Crippen LogP contribution is -2.41. The van der Waals surface area contributed by atoms with Crippen LogP contribution in [0.15, 0.2) is 23.7 Å². The van der Waals surface area contributed by atoms with Crippen LogP contribution in [-0.2, 0) is 6.54 Å². The number of nitrogens with zero attached hydrogens (tertiary/aromatic N) is 2. The molecule has 0 aliphatic rings. The van der Waals surface area contributed by atoms with Crippen molar-refractivity contribution in [2.24, 2.45) is 0 Å². The molecule has 0 saturated heterocycles. The molecule has 2 aromatic heterocycles. The van der Waals surface area contributed by atoms with Gasteiger partial charge in [-0.3, -0.25) is 10.00 Å². The minimum absolute atomic E-state index is 0.586. The zero-order chi connectivity index (χ0) is 15.2. The molecule has 0 unspecified atom stereocenters. The van der Waals surface area contributed by atoms with Crippen LogP contribution in [0.4, 0.5) is 0 Å². The van der Waals surface area contributed by atoms with E-state index in [0.717, 1.165) is 25.3 Å². The van der Waals surface area contributed by atoms with Crippen molar-refractivity contribution in [3.05, 3.63) is 29.3 Å².